The van der Waals surface area contributed by atoms with Gasteiger partial charge in [-0.1, -0.05) is 6.07 Å². The molecule has 0 amide bonds. The summed E-state index contributed by atoms with van der Waals surface area (Å²) in [5.74, 6) is 0. The Bertz CT molecular complexity index is 609. The molecule has 1 aliphatic carbocycles. The molecule has 3 nitrogen and oxygen atoms in total. The Morgan fingerprint density at radius 1 is 1.40 bits per heavy atom. The normalized spacial score (nSPS) is 18.7. The maximum absolute atomic E-state index is 13.1. The van der Waals surface area contributed by atoms with Crippen molar-refractivity contribution < 1.29 is 26.7 Å². The van der Waals surface area contributed by atoms with Gasteiger partial charge in [-0.05, 0) is 48.6 Å². The van der Waals surface area contributed by atoms with Crippen molar-refractivity contribution >= 4 is 27.9 Å². The van der Waals surface area contributed by atoms with Crippen molar-refractivity contribution in [3.05, 3.63) is 34.4 Å². The zero-order chi connectivity index (χ0) is 15.3. The molecule has 0 aromatic heterocycles. The van der Waals surface area contributed by atoms with E-state index >= 15 is 0 Å². The van der Waals surface area contributed by atoms with Crippen LogP contribution in [-0.2, 0) is 22.0 Å². The molecule has 1 aromatic rings. The van der Waals surface area contributed by atoms with Gasteiger partial charge in [-0.3, -0.25) is 4.79 Å². The van der Waals surface area contributed by atoms with Crippen LogP contribution in [0.5, 0.6) is 0 Å². The van der Waals surface area contributed by atoms with Crippen molar-refractivity contribution in [3.8, 4) is 0 Å². The molecule has 1 fully saturated rings. The van der Waals surface area contributed by atoms with Crippen molar-refractivity contribution in [1.82, 2.24) is 0 Å². The zero-order valence-electron chi connectivity index (χ0n) is 10.3. The minimum Gasteiger partial charge on any atom is -0.305 e. The Balaban J connectivity index is 2.72. The largest absolute Gasteiger partial charge is 0.416 e. The van der Waals surface area contributed by atoms with E-state index < -0.39 is 32.8 Å². The molecule has 0 aliphatic heterocycles. The fourth-order valence-corrected chi connectivity index (χ4v) is 3.19. The Morgan fingerprint density at radius 3 is 2.30 bits per heavy atom. The summed E-state index contributed by atoms with van der Waals surface area (Å²) in [6, 6.07) is 1.80. The van der Waals surface area contributed by atoms with Gasteiger partial charge in [0.1, 0.15) is 0 Å². The molecule has 8 heteroatoms. The number of rotatable bonds is 3. The van der Waals surface area contributed by atoms with Crippen molar-refractivity contribution in [2.75, 3.05) is 0 Å². The van der Waals surface area contributed by atoms with Crippen LogP contribution in [0.3, 0.4) is 0 Å². The van der Waals surface area contributed by atoms with Crippen LogP contribution in [0.25, 0.3) is 0 Å². The predicted octanol–water partition coefficient (Wildman–Crippen LogP) is 3.60. The van der Waals surface area contributed by atoms with Gasteiger partial charge >= 0.3 is 6.18 Å². The highest BCUT2D eigenvalue weighted by atomic mass is 35.5. The van der Waals surface area contributed by atoms with Crippen LogP contribution in [0, 0.1) is 6.92 Å². The Labute approximate surface area is 120 Å². The first-order chi connectivity index (χ1) is 9.09. The summed E-state index contributed by atoms with van der Waals surface area (Å²) in [5.41, 5.74) is -1.32. The van der Waals surface area contributed by atoms with Gasteiger partial charge in [-0.25, -0.2) is 4.21 Å². The van der Waals surface area contributed by atoms with Crippen LogP contribution < -0.4 is 0 Å². The van der Waals surface area contributed by atoms with Gasteiger partial charge in [0.05, 0.1) is 10.3 Å². The van der Waals surface area contributed by atoms with Gasteiger partial charge in [-0.2, -0.15) is 13.2 Å². The van der Waals surface area contributed by atoms with Crippen LogP contribution in [-0.4, -0.2) is 14.0 Å². The molecule has 0 saturated heterocycles. The van der Waals surface area contributed by atoms with Crippen molar-refractivity contribution in [2.45, 2.75) is 30.7 Å². The number of halogens is 4. The Morgan fingerprint density at radius 2 is 1.95 bits per heavy atom. The molecule has 2 rings (SSSR count). The van der Waals surface area contributed by atoms with E-state index in [1.807, 2.05) is 0 Å². The molecule has 1 saturated carbocycles. The quantitative estimate of drug-likeness (QED) is 0.682. The smallest absolute Gasteiger partial charge is 0.305 e. The lowest BCUT2D eigenvalue weighted by Crippen LogP contribution is -2.21. The van der Waals surface area contributed by atoms with E-state index in [4.69, 9.17) is 11.6 Å². The molecule has 0 radical (unpaired) electrons. The average molecular weight is 327 g/mol. The maximum Gasteiger partial charge on any atom is 0.416 e. The molecule has 0 bridgehead atoms. The van der Waals surface area contributed by atoms with Gasteiger partial charge < -0.3 is 4.55 Å². The van der Waals surface area contributed by atoms with E-state index in [0.29, 0.717) is 6.07 Å². The number of carbonyl (C=O) groups is 1. The highest BCUT2D eigenvalue weighted by Crippen LogP contribution is 2.54. The minimum absolute atomic E-state index is 0.201. The first kappa shape index (κ1) is 15.5. The number of alkyl halides is 3. The SMILES string of the molecule is Cc1cc(C2(S(=O)O)CC2)c(C(F)(F)F)cc1C(=O)Cl. The minimum atomic E-state index is -4.72. The molecule has 0 heterocycles. The highest BCUT2D eigenvalue weighted by Gasteiger charge is 2.54. The first-order valence-electron chi connectivity index (χ1n) is 5.63. The maximum atomic E-state index is 13.1. The summed E-state index contributed by atoms with van der Waals surface area (Å²) in [7, 11) is 0. The Hall–Kier alpha value is -0.920. The van der Waals surface area contributed by atoms with Gasteiger partial charge in [0.25, 0.3) is 5.24 Å². The molecule has 0 spiro atoms. The third-order valence-corrected chi connectivity index (χ3v) is 4.91. The average Bonchev–Trinajstić information content (AvgIpc) is 3.07. The third-order valence-electron chi connectivity index (χ3n) is 3.41. The van der Waals surface area contributed by atoms with Crippen LogP contribution in [0.2, 0.25) is 0 Å². The van der Waals surface area contributed by atoms with E-state index in [9.17, 15) is 26.7 Å². The second-order valence-electron chi connectivity index (χ2n) is 4.73. The predicted molar refractivity (Wildman–Crippen MR) is 68.0 cm³/mol. The standard InChI is InChI=1S/C12H10ClF3O3S/c1-6-4-8(11(2-3-11)20(18)19)9(12(14,15)16)5-7(6)10(13)17/h4-5H,2-3H2,1H3,(H,18,19). The molecular weight excluding hydrogens is 317 g/mol. The van der Waals surface area contributed by atoms with Gasteiger partial charge in [0, 0.05) is 5.56 Å². The van der Waals surface area contributed by atoms with Crippen LogP contribution >= 0.6 is 11.6 Å². The molecule has 1 unspecified atom stereocenters. The Kier molecular flexibility index (Phi) is 3.73. The lowest BCUT2D eigenvalue weighted by Gasteiger charge is -2.20. The number of hydrogen-bond donors (Lipinski definition) is 1. The summed E-state index contributed by atoms with van der Waals surface area (Å²) in [4.78, 5) is 11.1. The van der Waals surface area contributed by atoms with Crippen molar-refractivity contribution in [2.24, 2.45) is 0 Å². The topological polar surface area (TPSA) is 54.4 Å². The van der Waals surface area contributed by atoms with E-state index in [2.05, 4.69) is 0 Å². The lowest BCUT2D eigenvalue weighted by atomic mass is 9.96. The lowest BCUT2D eigenvalue weighted by molar-refractivity contribution is -0.138. The van der Waals surface area contributed by atoms with Gasteiger partial charge in [0.2, 0.25) is 0 Å². The number of hydrogen-bond acceptors (Lipinski definition) is 2. The fourth-order valence-electron chi connectivity index (χ4n) is 2.18. The van der Waals surface area contributed by atoms with Gasteiger partial charge in [0.15, 0.2) is 11.1 Å². The monoisotopic (exact) mass is 326 g/mol. The van der Waals surface area contributed by atoms with E-state index in [0.717, 1.165) is 6.07 Å². The zero-order valence-corrected chi connectivity index (χ0v) is 11.8. The molecule has 1 N–H and O–H groups in total. The molecule has 1 atom stereocenters. The van der Waals surface area contributed by atoms with E-state index in [1.54, 1.807) is 0 Å². The molecule has 20 heavy (non-hydrogen) atoms. The van der Waals surface area contributed by atoms with Crippen LogP contribution in [0.1, 0.15) is 39.9 Å². The van der Waals surface area contributed by atoms with Crippen molar-refractivity contribution in [1.29, 1.82) is 0 Å². The third kappa shape index (κ3) is 2.49. The van der Waals surface area contributed by atoms with E-state index in [1.165, 1.54) is 6.92 Å². The van der Waals surface area contributed by atoms with Crippen LogP contribution in [0.15, 0.2) is 12.1 Å². The van der Waals surface area contributed by atoms with Gasteiger partial charge in [-0.15, -0.1) is 0 Å². The molecule has 110 valence electrons. The summed E-state index contributed by atoms with van der Waals surface area (Å²) in [6.45, 7) is 1.44. The second-order valence-corrected chi connectivity index (χ2v) is 6.35. The van der Waals surface area contributed by atoms with Crippen LogP contribution in [0.4, 0.5) is 13.2 Å². The molecular formula is C12H10ClF3O3S. The summed E-state index contributed by atoms with van der Waals surface area (Å²) >= 11 is 2.86. The summed E-state index contributed by atoms with van der Waals surface area (Å²) in [5, 5.41) is -0.991. The molecule has 1 aromatic carbocycles. The van der Waals surface area contributed by atoms with E-state index in [-0.39, 0.29) is 29.5 Å². The summed E-state index contributed by atoms with van der Waals surface area (Å²) < 4.78 is 58.6. The highest BCUT2D eigenvalue weighted by molar-refractivity contribution is 7.80. The summed E-state index contributed by atoms with van der Waals surface area (Å²) in [6.07, 6.45) is -4.32. The number of carbonyl (C=O) groups excluding carboxylic acids is 1. The fraction of sp³-hybridized carbons (Fsp3) is 0.417. The second kappa shape index (κ2) is 4.82. The van der Waals surface area contributed by atoms with Crippen molar-refractivity contribution in [3.63, 3.8) is 0 Å². The molecule has 1 aliphatic rings. The number of aryl methyl sites for hydroxylation is 1. The first-order valence-corrected chi connectivity index (χ1v) is 7.11. The number of benzene rings is 1.